The number of urea groups is 1. The molecule has 0 aromatic heterocycles. The fraction of sp³-hybridized carbons (Fsp3) is 0.400. The van der Waals surface area contributed by atoms with Crippen LogP contribution in [0.5, 0.6) is 0 Å². The number of amides is 4. The molecule has 1 saturated carbocycles. The zero-order chi connectivity index (χ0) is 25.2. The Labute approximate surface area is 205 Å². The van der Waals surface area contributed by atoms with Crippen molar-refractivity contribution >= 4 is 33.6 Å². The first-order valence-corrected chi connectivity index (χ1v) is 13.2. The molecule has 10 heteroatoms. The zero-order valence-electron chi connectivity index (χ0n) is 19.9. The van der Waals surface area contributed by atoms with Crippen LogP contribution >= 0.6 is 0 Å². The van der Waals surface area contributed by atoms with Crippen molar-refractivity contribution in [1.29, 1.82) is 0 Å². The summed E-state index contributed by atoms with van der Waals surface area (Å²) in [6.07, 6.45) is 3.63. The molecule has 2 aromatic carbocycles. The summed E-state index contributed by atoms with van der Waals surface area (Å²) in [4.78, 5) is 38.6. The van der Waals surface area contributed by atoms with Crippen LogP contribution in [0.2, 0.25) is 0 Å². The normalized spacial score (nSPS) is 17.0. The van der Waals surface area contributed by atoms with Crippen molar-refractivity contribution in [2.24, 2.45) is 0 Å². The standard InChI is InChI=1S/C25H30N4O5S/c1-17-7-5-8-21(18(17)2)28-35(33,34)20-11-9-19(10-12-20)22(30)26-15-6-16-29-23(31)25(27-24(29)32)13-3-4-14-25/h5,7-12,28H,3-4,6,13-16H2,1-2H3,(H,26,30)(H,27,32). The molecular weight excluding hydrogens is 468 g/mol. The van der Waals surface area contributed by atoms with Crippen molar-refractivity contribution in [3.05, 3.63) is 59.2 Å². The Morgan fingerprint density at radius 2 is 1.74 bits per heavy atom. The summed E-state index contributed by atoms with van der Waals surface area (Å²) in [6.45, 7) is 4.26. The number of aryl methyl sites for hydroxylation is 1. The number of benzene rings is 2. The van der Waals surface area contributed by atoms with Crippen molar-refractivity contribution in [3.63, 3.8) is 0 Å². The molecule has 1 heterocycles. The number of carbonyl (C=O) groups excluding carboxylic acids is 3. The Hall–Kier alpha value is -3.40. The van der Waals surface area contributed by atoms with E-state index in [-0.39, 0.29) is 35.8 Å². The number of imide groups is 1. The van der Waals surface area contributed by atoms with Crippen LogP contribution in [-0.2, 0) is 14.8 Å². The van der Waals surface area contributed by atoms with Crippen LogP contribution in [-0.4, -0.2) is 49.8 Å². The Balaban J connectivity index is 1.29. The molecule has 1 aliphatic carbocycles. The number of nitrogens with one attached hydrogen (secondary N) is 3. The van der Waals surface area contributed by atoms with Gasteiger partial charge < -0.3 is 10.6 Å². The number of sulfonamides is 1. The number of anilines is 1. The van der Waals surface area contributed by atoms with Crippen molar-refractivity contribution in [3.8, 4) is 0 Å². The molecule has 2 aliphatic rings. The van der Waals surface area contributed by atoms with Gasteiger partial charge in [-0.1, -0.05) is 25.0 Å². The maximum atomic E-state index is 12.8. The second-order valence-electron chi connectivity index (χ2n) is 9.16. The van der Waals surface area contributed by atoms with Gasteiger partial charge >= 0.3 is 6.03 Å². The van der Waals surface area contributed by atoms with Crippen LogP contribution in [0, 0.1) is 13.8 Å². The molecule has 186 valence electrons. The van der Waals surface area contributed by atoms with Crippen LogP contribution < -0.4 is 15.4 Å². The van der Waals surface area contributed by atoms with Crippen LogP contribution in [0.25, 0.3) is 0 Å². The van der Waals surface area contributed by atoms with Crippen molar-refractivity contribution < 1.29 is 22.8 Å². The van der Waals surface area contributed by atoms with Gasteiger partial charge in [0.15, 0.2) is 0 Å². The van der Waals surface area contributed by atoms with Crippen molar-refractivity contribution in [2.75, 3.05) is 17.8 Å². The monoisotopic (exact) mass is 498 g/mol. The van der Waals surface area contributed by atoms with Gasteiger partial charge in [-0.15, -0.1) is 0 Å². The second kappa shape index (κ2) is 9.69. The molecule has 0 atom stereocenters. The maximum Gasteiger partial charge on any atom is 0.325 e. The molecular formula is C25H30N4O5S. The highest BCUT2D eigenvalue weighted by Gasteiger charge is 2.51. The minimum absolute atomic E-state index is 0.0503. The summed E-state index contributed by atoms with van der Waals surface area (Å²) >= 11 is 0. The van der Waals surface area contributed by atoms with E-state index in [2.05, 4.69) is 15.4 Å². The maximum absolute atomic E-state index is 12.8. The minimum Gasteiger partial charge on any atom is -0.352 e. The van der Waals surface area contributed by atoms with Crippen LogP contribution in [0.15, 0.2) is 47.4 Å². The molecule has 4 rings (SSSR count). The molecule has 1 spiro atoms. The first kappa shape index (κ1) is 24.7. The third kappa shape index (κ3) is 5.02. The van der Waals surface area contributed by atoms with Crippen LogP contribution in [0.1, 0.15) is 53.6 Å². The summed E-state index contributed by atoms with van der Waals surface area (Å²) in [7, 11) is -3.80. The van der Waals surface area contributed by atoms with Gasteiger partial charge in [-0.05, 0) is 74.6 Å². The molecule has 0 bridgehead atoms. The molecule has 9 nitrogen and oxygen atoms in total. The van der Waals surface area contributed by atoms with E-state index >= 15 is 0 Å². The number of carbonyl (C=O) groups is 3. The quantitative estimate of drug-likeness (QED) is 0.381. The molecule has 0 radical (unpaired) electrons. The molecule has 1 aliphatic heterocycles. The first-order chi connectivity index (χ1) is 16.6. The number of hydrogen-bond donors (Lipinski definition) is 3. The van der Waals surface area contributed by atoms with Crippen molar-refractivity contribution in [2.45, 2.75) is 56.4 Å². The predicted octanol–water partition coefficient (Wildman–Crippen LogP) is 3.09. The lowest BCUT2D eigenvalue weighted by Gasteiger charge is -2.20. The molecule has 0 unspecified atom stereocenters. The molecule has 3 N–H and O–H groups in total. The van der Waals surface area contributed by atoms with Gasteiger partial charge in [-0.2, -0.15) is 0 Å². The molecule has 2 aromatic rings. The number of hydrogen-bond acceptors (Lipinski definition) is 5. The number of nitrogens with zero attached hydrogens (tertiary/aromatic N) is 1. The highest BCUT2D eigenvalue weighted by atomic mass is 32.2. The van der Waals surface area contributed by atoms with Crippen LogP contribution in [0.3, 0.4) is 0 Å². The van der Waals surface area contributed by atoms with E-state index in [1.165, 1.54) is 29.2 Å². The average Bonchev–Trinajstić information content (AvgIpc) is 3.39. The topological polar surface area (TPSA) is 125 Å². The summed E-state index contributed by atoms with van der Waals surface area (Å²) in [5.74, 6) is -0.529. The highest BCUT2D eigenvalue weighted by Crippen LogP contribution is 2.35. The minimum atomic E-state index is -3.80. The van der Waals surface area contributed by atoms with Gasteiger partial charge in [0.25, 0.3) is 21.8 Å². The fourth-order valence-electron chi connectivity index (χ4n) is 4.59. The summed E-state index contributed by atoms with van der Waals surface area (Å²) < 4.78 is 28.1. The van der Waals surface area contributed by atoms with Gasteiger partial charge in [-0.3, -0.25) is 19.2 Å². The van der Waals surface area contributed by atoms with Crippen molar-refractivity contribution in [1.82, 2.24) is 15.5 Å². The lowest BCUT2D eigenvalue weighted by Crippen LogP contribution is -2.44. The largest absolute Gasteiger partial charge is 0.352 e. The highest BCUT2D eigenvalue weighted by molar-refractivity contribution is 7.92. The lowest BCUT2D eigenvalue weighted by atomic mass is 9.98. The van der Waals surface area contributed by atoms with Gasteiger partial charge in [0.05, 0.1) is 10.6 Å². The van der Waals surface area contributed by atoms with Gasteiger partial charge in [0.1, 0.15) is 5.54 Å². The fourth-order valence-corrected chi connectivity index (χ4v) is 5.71. The van der Waals surface area contributed by atoms with Gasteiger partial charge in [0, 0.05) is 18.7 Å². The number of rotatable bonds is 8. The predicted molar refractivity (Wildman–Crippen MR) is 132 cm³/mol. The van der Waals surface area contributed by atoms with E-state index in [1.54, 1.807) is 12.1 Å². The summed E-state index contributed by atoms with van der Waals surface area (Å²) in [6, 6.07) is 10.7. The van der Waals surface area contributed by atoms with Gasteiger partial charge in [0.2, 0.25) is 0 Å². The molecule has 2 fully saturated rings. The zero-order valence-corrected chi connectivity index (χ0v) is 20.7. The molecule has 4 amide bonds. The average molecular weight is 499 g/mol. The Morgan fingerprint density at radius 3 is 2.43 bits per heavy atom. The smallest absolute Gasteiger partial charge is 0.325 e. The van der Waals surface area contributed by atoms with E-state index in [4.69, 9.17) is 0 Å². The van der Waals surface area contributed by atoms with E-state index in [9.17, 15) is 22.8 Å². The lowest BCUT2D eigenvalue weighted by molar-refractivity contribution is -0.131. The molecule has 1 saturated heterocycles. The molecule has 35 heavy (non-hydrogen) atoms. The second-order valence-corrected chi connectivity index (χ2v) is 10.8. The van der Waals surface area contributed by atoms with E-state index in [0.717, 1.165) is 24.0 Å². The SMILES string of the molecule is Cc1cccc(NS(=O)(=O)c2ccc(C(=O)NCCCN3C(=O)NC4(CCCC4)C3=O)cc2)c1C. The third-order valence-electron chi connectivity index (χ3n) is 6.82. The van der Waals surface area contributed by atoms with E-state index in [0.29, 0.717) is 30.5 Å². The first-order valence-electron chi connectivity index (χ1n) is 11.7. The van der Waals surface area contributed by atoms with E-state index in [1.807, 2.05) is 19.9 Å². The Bertz CT molecular complexity index is 1250. The van der Waals surface area contributed by atoms with E-state index < -0.39 is 15.6 Å². The summed E-state index contributed by atoms with van der Waals surface area (Å²) in [5.41, 5.74) is 1.92. The van der Waals surface area contributed by atoms with Crippen LogP contribution in [0.4, 0.5) is 10.5 Å². The van der Waals surface area contributed by atoms with Gasteiger partial charge in [-0.25, -0.2) is 13.2 Å². The summed E-state index contributed by atoms with van der Waals surface area (Å²) in [5, 5.41) is 5.59. The Morgan fingerprint density at radius 1 is 1.06 bits per heavy atom. The third-order valence-corrected chi connectivity index (χ3v) is 8.20. The Kier molecular flexibility index (Phi) is 6.84.